The van der Waals surface area contributed by atoms with Gasteiger partial charge in [0.2, 0.25) is 5.91 Å². The maximum atomic E-state index is 11.8. The summed E-state index contributed by atoms with van der Waals surface area (Å²) in [5, 5.41) is 11.8. The van der Waals surface area contributed by atoms with E-state index in [2.05, 4.69) is 5.32 Å². The minimum absolute atomic E-state index is 0.0539. The van der Waals surface area contributed by atoms with Gasteiger partial charge in [0, 0.05) is 12.1 Å². The number of amides is 1. The summed E-state index contributed by atoms with van der Waals surface area (Å²) in [6.45, 7) is 4.08. The quantitative estimate of drug-likeness (QED) is 0.791. The molecule has 1 aromatic carbocycles. The van der Waals surface area contributed by atoms with Crippen molar-refractivity contribution in [3.8, 4) is 0 Å². The molecule has 19 heavy (non-hydrogen) atoms. The molecule has 0 saturated carbocycles. The van der Waals surface area contributed by atoms with E-state index in [0.717, 1.165) is 31.2 Å². The van der Waals surface area contributed by atoms with Crippen molar-refractivity contribution in [1.82, 2.24) is 0 Å². The average Bonchev–Trinajstić information content (AvgIpc) is 2.38. The Kier molecular flexibility index (Phi) is 6.06. The van der Waals surface area contributed by atoms with E-state index in [4.69, 9.17) is 5.11 Å². The molecule has 4 nitrogen and oxygen atoms in total. The molecule has 0 aliphatic carbocycles. The van der Waals surface area contributed by atoms with Gasteiger partial charge < -0.3 is 10.4 Å². The minimum Gasteiger partial charge on any atom is -0.478 e. The lowest BCUT2D eigenvalue weighted by Gasteiger charge is -2.11. The summed E-state index contributed by atoms with van der Waals surface area (Å²) in [7, 11) is 0. The molecule has 0 saturated heterocycles. The van der Waals surface area contributed by atoms with E-state index in [1.165, 1.54) is 6.07 Å². The minimum atomic E-state index is -0.980. The monoisotopic (exact) mass is 263 g/mol. The van der Waals surface area contributed by atoms with Gasteiger partial charge in [-0.25, -0.2) is 4.79 Å². The first-order chi connectivity index (χ1) is 9.08. The lowest BCUT2D eigenvalue weighted by molar-refractivity contribution is -0.116. The fraction of sp³-hybridized carbons (Fsp3) is 0.467. The summed E-state index contributed by atoms with van der Waals surface area (Å²) in [6, 6.07) is 4.90. The van der Waals surface area contributed by atoms with Crippen LogP contribution in [-0.2, 0) is 11.2 Å². The summed E-state index contributed by atoms with van der Waals surface area (Å²) in [4.78, 5) is 22.7. The molecule has 104 valence electrons. The predicted molar refractivity (Wildman–Crippen MR) is 75.6 cm³/mol. The van der Waals surface area contributed by atoms with Crippen LogP contribution in [0, 0.1) is 0 Å². The zero-order valence-electron chi connectivity index (χ0n) is 11.5. The molecule has 4 heteroatoms. The van der Waals surface area contributed by atoms with E-state index < -0.39 is 5.97 Å². The third kappa shape index (κ3) is 4.73. The molecule has 0 aliphatic rings. The molecule has 0 unspecified atom stereocenters. The second kappa shape index (κ2) is 7.56. The van der Waals surface area contributed by atoms with Crippen LogP contribution in [0.4, 0.5) is 5.69 Å². The molecular weight excluding hydrogens is 242 g/mol. The van der Waals surface area contributed by atoms with E-state index in [9.17, 15) is 9.59 Å². The summed E-state index contributed by atoms with van der Waals surface area (Å²) < 4.78 is 0. The predicted octanol–water partition coefficient (Wildman–Crippen LogP) is 3.47. The third-order valence-electron chi connectivity index (χ3n) is 2.91. The van der Waals surface area contributed by atoms with Crippen molar-refractivity contribution >= 4 is 17.6 Å². The van der Waals surface area contributed by atoms with Gasteiger partial charge in [0.15, 0.2) is 0 Å². The first-order valence-electron chi connectivity index (χ1n) is 6.74. The number of benzene rings is 1. The molecule has 0 aliphatic heterocycles. The van der Waals surface area contributed by atoms with Gasteiger partial charge in [-0.2, -0.15) is 0 Å². The number of rotatable bonds is 7. The largest absolute Gasteiger partial charge is 0.478 e. The highest BCUT2D eigenvalue weighted by Crippen LogP contribution is 2.20. The SMILES string of the molecule is CCCCC(=O)Nc1cc(C(=O)O)ccc1CCC. The number of aromatic carboxylic acids is 1. The van der Waals surface area contributed by atoms with E-state index in [-0.39, 0.29) is 11.5 Å². The Morgan fingerprint density at radius 1 is 1.21 bits per heavy atom. The molecule has 0 radical (unpaired) electrons. The highest BCUT2D eigenvalue weighted by molar-refractivity contribution is 5.94. The van der Waals surface area contributed by atoms with Crippen LogP contribution in [0.3, 0.4) is 0 Å². The summed E-state index contributed by atoms with van der Waals surface area (Å²) >= 11 is 0. The summed E-state index contributed by atoms with van der Waals surface area (Å²) in [5.41, 5.74) is 1.81. The molecule has 1 amide bonds. The van der Waals surface area contributed by atoms with Crippen LogP contribution in [0.1, 0.15) is 55.5 Å². The second-order valence-electron chi connectivity index (χ2n) is 4.58. The number of unbranched alkanes of at least 4 members (excludes halogenated alkanes) is 1. The van der Waals surface area contributed by atoms with Crippen molar-refractivity contribution in [2.75, 3.05) is 5.32 Å². The Morgan fingerprint density at radius 2 is 1.95 bits per heavy atom. The van der Waals surface area contributed by atoms with Crippen molar-refractivity contribution < 1.29 is 14.7 Å². The van der Waals surface area contributed by atoms with Crippen LogP contribution in [0.25, 0.3) is 0 Å². The maximum absolute atomic E-state index is 11.8. The smallest absolute Gasteiger partial charge is 0.335 e. The molecule has 1 aromatic rings. The van der Waals surface area contributed by atoms with Gasteiger partial charge in [-0.05, 0) is 30.5 Å². The maximum Gasteiger partial charge on any atom is 0.335 e. The van der Waals surface area contributed by atoms with Gasteiger partial charge in [-0.15, -0.1) is 0 Å². The van der Waals surface area contributed by atoms with Crippen molar-refractivity contribution in [3.05, 3.63) is 29.3 Å². The number of carbonyl (C=O) groups excluding carboxylic acids is 1. The lowest BCUT2D eigenvalue weighted by Crippen LogP contribution is -2.13. The summed E-state index contributed by atoms with van der Waals surface area (Å²) in [5.74, 6) is -1.03. The molecule has 0 aromatic heterocycles. The second-order valence-corrected chi connectivity index (χ2v) is 4.58. The Bertz CT molecular complexity index is 455. The summed E-state index contributed by atoms with van der Waals surface area (Å²) in [6.07, 6.45) is 4.05. The third-order valence-corrected chi connectivity index (χ3v) is 2.91. The fourth-order valence-electron chi connectivity index (χ4n) is 1.86. The highest BCUT2D eigenvalue weighted by Gasteiger charge is 2.10. The average molecular weight is 263 g/mol. The standard InChI is InChI=1S/C15H21NO3/c1-3-5-7-14(17)16-13-10-12(15(18)19)9-8-11(13)6-4-2/h8-10H,3-7H2,1-2H3,(H,16,17)(H,18,19). The molecule has 0 bridgehead atoms. The molecule has 0 fully saturated rings. The van der Waals surface area contributed by atoms with Crippen LogP contribution in [0.5, 0.6) is 0 Å². The number of carboxylic acids is 1. The Morgan fingerprint density at radius 3 is 2.53 bits per heavy atom. The number of hydrogen-bond acceptors (Lipinski definition) is 2. The molecule has 2 N–H and O–H groups in total. The van der Waals surface area contributed by atoms with E-state index in [1.807, 2.05) is 13.8 Å². The van der Waals surface area contributed by atoms with E-state index in [1.54, 1.807) is 12.1 Å². The van der Waals surface area contributed by atoms with Gasteiger partial charge in [0.25, 0.3) is 0 Å². The van der Waals surface area contributed by atoms with Crippen molar-refractivity contribution in [2.45, 2.75) is 46.0 Å². The Balaban J connectivity index is 2.90. The Labute approximate surface area is 113 Å². The van der Waals surface area contributed by atoms with Crippen LogP contribution >= 0.6 is 0 Å². The normalized spacial score (nSPS) is 10.2. The zero-order valence-corrected chi connectivity index (χ0v) is 11.5. The van der Waals surface area contributed by atoms with Crippen LogP contribution < -0.4 is 5.32 Å². The topological polar surface area (TPSA) is 66.4 Å². The first kappa shape index (κ1) is 15.2. The number of carboxylic acid groups (broad SMARTS) is 1. The highest BCUT2D eigenvalue weighted by atomic mass is 16.4. The van der Waals surface area contributed by atoms with Gasteiger partial charge in [0.05, 0.1) is 5.56 Å². The van der Waals surface area contributed by atoms with Gasteiger partial charge in [-0.1, -0.05) is 32.8 Å². The number of hydrogen-bond donors (Lipinski definition) is 2. The zero-order chi connectivity index (χ0) is 14.3. The van der Waals surface area contributed by atoms with E-state index in [0.29, 0.717) is 12.1 Å². The molecule has 1 rings (SSSR count). The van der Waals surface area contributed by atoms with Crippen molar-refractivity contribution in [3.63, 3.8) is 0 Å². The van der Waals surface area contributed by atoms with Gasteiger partial charge >= 0.3 is 5.97 Å². The van der Waals surface area contributed by atoms with Gasteiger partial charge in [-0.3, -0.25) is 4.79 Å². The molecular formula is C15H21NO3. The lowest BCUT2D eigenvalue weighted by atomic mass is 10.0. The van der Waals surface area contributed by atoms with Crippen molar-refractivity contribution in [2.24, 2.45) is 0 Å². The van der Waals surface area contributed by atoms with Crippen LogP contribution in [0.2, 0.25) is 0 Å². The van der Waals surface area contributed by atoms with E-state index >= 15 is 0 Å². The van der Waals surface area contributed by atoms with Crippen molar-refractivity contribution in [1.29, 1.82) is 0 Å². The van der Waals surface area contributed by atoms with Crippen LogP contribution in [-0.4, -0.2) is 17.0 Å². The Hall–Kier alpha value is -1.84. The number of anilines is 1. The number of nitrogens with one attached hydrogen (secondary N) is 1. The number of carbonyl (C=O) groups is 2. The number of aryl methyl sites for hydroxylation is 1. The first-order valence-corrected chi connectivity index (χ1v) is 6.74. The fourth-order valence-corrected chi connectivity index (χ4v) is 1.86. The molecule has 0 heterocycles. The van der Waals surface area contributed by atoms with Crippen LogP contribution in [0.15, 0.2) is 18.2 Å². The van der Waals surface area contributed by atoms with Gasteiger partial charge in [0.1, 0.15) is 0 Å². The molecule has 0 spiro atoms. The molecule has 0 atom stereocenters.